The second kappa shape index (κ2) is 8.87. The molecule has 1 aliphatic rings. The average molecular weight is 383 g/mol. The zero-order valence-electron chi connectivity index (χ0n) is 14.9. The number of ether oxygens (including phenoxy) is 2. The average Bonchev–Trinajstić information content (AvgIpc) is 3.15. The van der Waals surface area contributed by atoms with Crippen molar-refractivity contribution < 1.29 is 29.9 Å². The summed E-state index contributed by atoms with van der Waals surface area (Å²) in [5.41, 5.74) is 1.33. The van der Waals surface area contributed by atoms with E-state index in [2.05, 4.69) is 25.3 Å². The van der Waals surface area contributed by atoms with Gasteiger partial charge in [-0.1, -0.05) is 6.92 Å². The molecule has 6 N–H and O–H groups in total. The normalized spacial score (nSPS) is 29.7. The van der Waals surface area contributed by atoms with Gasteiger partial charge >= 0.3 is 0 Å². The van der Waals surface area contributed by atoms with Gasteiger partial charge in [-0.15, -0.1) is 0 Å². The lowest BCUT2D eigenvalue weighted by Crippen LogP contribution is -2.59. The number of aromatic nitrogens is 4. The zero-order valence-corrected chi connectivity index (χ0v) is 14.9. The standard InChI is InChI=1S/C16H25N5O6/c1-8(2-3-17-14-10-15(19-6-18-10)21-7-20-14)5-26-16-13(25)12(24)11(23)9(4-22)27-16/h6-9,11-13,16,22-25H,2-5H2,1H3,(H2,17,18,19,20,21)/t8?,9-,11-,12+,13-,16-/m1/s1. The van der Waals surface area contributed by atoms with E-state index in [0.717, 1.165) is 11.9 Å². The number of hydrogen-bond donors (Lipinski definition) is 6. The Labute approximate surface area is 155 Å². The number of aromatic amines is 1. The molecule has 1 aliphatic heterocycles. The molecule has 0 bridgehead atoms. The van der Waals surface area contributed by atoms with Gasteiger partial charge in [-0.25, -0.2) is 15.0 Å². The maximum atomic E-state index is 9.96. The lowest BCUT2D eigenvalue weighted by Gasteiger charge is -2.39. The summed E-state index contributed by atoms with van der Waals surface area (Å²) >= 11 is 0. The van der Waals surface area contributed by atoms with E-state index in [0.29, 0.717) is 18.0 Å². The highest BCUT2D eigenvalue weighted by Crippen LogP contribution is 2.22. The molecule has 0 radical (unpaired) electrons. The van der Waals surface area contributed by atoms with Gasteiger partial charge in [-0.3, -0.25) is 0 Å². The maximum Gasteiger partial charge on any atom is 0.186 e. The van der Waals surface area contributed by atoms with Gasteiger partial charge < -0.3 is 40.2 Å². The number of aliphatic hydroxyl groups excluding tert-OH is 4. The Balaban J connectivity index is 1.44. The van der Waals surface area contributed by atoms with Crippen molar-refractivity contribution in [2.75, 3.05) is 25.1 Å². The van der Waals surface area contributed by atoms with E-state index in [9.17, 15) is 20.4 Å². The minimum Gasteiger partial charge on any atom is -0.394 e. The van der Waals surface area contributed by atoms with E-state index in [1.807, 2.05) is 6.92 Å². The van der Waals surface area contributed by atoms with Gasteiger partial charge in [0.05, 0.1) is 19.5 Å². The largest absolute Gasteiger partial charge is 0.394 e. The van der Waals surface area contributed by atoms with Gasteiger partial charge in [-0.05, 0) is 12.3 Å². The summed E-state index contributed by atoms with van der Waals surface area (Å²) in [4.78, 5) is 15.3. The van der Waals surface area contributed by atoms with Crippen molar-refractivity contribution in [2.45, 2.75) is 44.1 Å². The molecule has 11 heteroatoms. The summed E-state index contributed by atoms with van der Waals surface area (Å²) in [6, 6.07) is 0. The van der Waals surface area contributed by atoms with Crippen molar-refractivity contribution in [1.82, 2.24) is 19.9 Å². The Kier molecular flexibility index (Phi) is 6.52. The number of imidazole rings is 1. The van der Waals surface area contributed by atoms with Crippen LogP contribution in [0.2, 0.25) is 0 Å². The second-order valence-electron chi connectivity index (χ2n) is 6.67. The Morgan fingerprint density at radius 3 is 2.81 bits per heavy atom. The van der Waals surface area contributed by atoms with Crippen molar-refractivity contribution in [2.24, 2.45) is 5.92 Å². The molecular weight excluding hydrogens is 358 g/mol. The van der Waals surface area contributed by atoms with Gasteiger partial charge in [-0.2, -0.15) is 0 Å². The van der Waals surface area contributed by atoms with Crippen molar-refractivity contribution in [1.29, 1.82) is 0 Å². The third kappa shape index (κ3) is 4.51. The molecule has 0 spiro atoms. The molecule has 3 rings (SSSR count). The summed E-state index contributed by atoms with van der Waals surface area (Å²) in [7, 11) is 0. The maximum absolute atomic E-state index is 9.96. The quantitative estimate of drug-likeness (QED) is 0.319. The highest BCUT2D eigenvalue weighted by Gasteiger charge is 2.44. The minimum atomic E-state index is -1.44. The van der Waals surface area contributed by atoms with Crippen LogP contribution in [0.25, 0.3) is 11.2 Å². The lowest BCUT2D eigenvalue weighted by molar-refractivity contribution is -0.303. The molecule has 6 atom stereocenters. The molecule has 0 aliphatic carbocycles. The van der Waals surface area contributed by atoms with Crippen LogP contribution in [-0.2, 0) is 9.47 Å². The first-order valence-corrected chi connectivity index (χ1v) is 8.81. The first-order chi connectivity index (χ1) is 13.0. The fourth-order valence-electron chi connectivity index (χ4n) is 2.88. The summed E-state index contributed by atoms with van der Waals surface area (Å²) in [6.45, 7) is 2.39. The van der Waals surface area contributed by atoms with Crippen LogP contribution in [0, 0.1) is 5.92 Å². The molecule has 150 valence electrons. The number of rotatable bonds is 8. The van der Waals surface area contributed by atoms with Crippen LogP contribution < -0.4 is 5.32 Å². The minimum absolute atomic E-state index is 0.115. The number of hydrogen-bond acceptors (Lipinski definition) is 10. The van der Waals surface area contributed by atoms with Crippen LogP contribution in [0.3, 0.4) is 0 Å². The molecule has 0 saturated carbocycles. The Bertz CT molecular complexity index is 728. The van der Waals surface area contributed by atoms with E-state index in [4.69, 9.17) is 9.47 Å². The smallest absolute Gasteiger partial charge is 0.186 e. The van der Waals surface area contributed by atoms with Crippen molar-refractivity contribution >= 4 is 17.0 Å². The number of H-pyrrole nitrogens is 1. The molecular formula is C16H25N5O6. The van der Waals surface area contributed by atoms with Crippen molar-refractivity contribution in [3.63, 3.8) is 0 Å². The van der Waals surface area contributed by atoms with Crippen LogP contribution in [0.5, 0.6) is 0 Å². The first-order valence-electron chi connectivity index (χ1n) is 8.81. The first kappa shape index (κ1) is 19.9. The molecule has 0 aromatic carbocycles. The number of aliphatic hydroxyl groups is 4. The van der Waals surface area contributed by atoms with Crippen LogP contribution in [0.15, 0.2) is 12.7 Å². The monoisotopic (exact) mass is 383 g/mol. The van der Waals surface area contributed by atoms with Crippen LogP contribution in [0.1, 0.15) is 13.3 Å². The van der Waals surface area contributed by atoms with E-state index < -0.39 is 37.3 Å². The number of anilines is 1. The Hall–Kier alpha value is -1.89. The van der Waals surface area contributed by atoms with Crippen molar-refractivity contribution in [3.05, 3.63) is 12.7 Å². The number of fused-ring (bicyclic) bond motifs is 1. The number of nitrogens with one attached hydrogen (secondary N) is 2. The van der Waals surface area contributed by atoms with Gasteiger partial charge in [0, 0.05) is 6.54 Å². The molecule has 27 heavy (non-hydrogen) atoms. The van der Waals surface area contributed by atoms with Gasteiger partial charge in [0.2, 0.25) is 0 Å². The Morgan fingerprint density at radius 1 is 1.22 bits per heavy atom. The summed E-state index contributed by atoms with van der Waals surface area (Å²) in [6.07, 6.45) is -2.55. The van der Waals surface area contributed by atoms with Crippen LogP contribution in [-0.4, -0.2) is 90.8 Å². The fraction of sp³-hybridized carbons (Fsp3) is 0.688. The lowest BCUT2D eigenvalue weighted by atomic mass is 9.99. The molecule has 0 amide bonds. The van der Waals surface area contributed by atoms with E-state index in [1.165, 1.54) is 6.33 Å². The van der Waals surface area contributed by atoms with E-state index in [1.54, 1.807) is 6.33 Å². The molecule has 2 aromatic rings. The molecule has 1 saturated heterocycles. The van der Waals surface area contributed by atoms with Crippen LogP contribution >= 0.6 is 0 Å². The molecule has 1 fully saturated rings. The second-order valence-corrected chi connectivity index (χ2v) is 6.67. The predicted octanol–water partition coefficient (Wildman–Crippen LogP) is -1.39. The van der Waals surface area contributed by atoms with Crippen molar-refractivity contribution in [3.8, 4) is 0 Å². The van der Waals surface area contributed by atoms with E-state index >= 15 is 0 Å². The topological polar surface area (TPSA) is 166 Å². The highest BCUT2D eigenvalue weighted by atomic mass is 16.7. The van der Waals surface area contributed by atoms with Gasteiger partial charge in [0.1, 0.15) is 36.3 Å². The number of nitrogens with zero attached hydrogens (tertiary/aromatic N) is 3. The van der Waals surface area contributed by atoms with Gasteiger partial charge in [0.25, 0.3) is 0 Å². The third-order valence-corrected chi connectivity index (χ3v) is 4.55. The fourth-order valence-corrected chi connectivity index (χ4v) is 2.88. The molecule has 1 unspecified atom stereocenters. The predicted molar refractivity (Wildman–Crippen MR) is 93.7 cm³/mol. The summed E-state index contributed by atoms with van der Waals surface area (Å²) < 4.78 is 10.9. The highest BCUT2D eigenvalue weighted by molar-refractivity contribution is 5.81. The molecule has 3 heterocycles. The zero-order chi connectivity index (χ0) is 19.4. The molecule has 2 aromatic heterocycles. The van der Waals surface area contributed by atoms with Crippen LogP contribution in [0.4, 0.5) is 5.82 Å². The van der Waals surface area contributed by atoms with E-state index in [-0.39, 0.29) is 12.5 Å². The Morgan fingerprint density at radius 2 is 2.04 bits per heavy atom. The molecule has 11 nitrogen and oxygen atoms in total. The van der Waals surface area contributed by atoms with Gasteiger partial charge in [0.15, 0.2) is 17.8 Å². The summed E-state index contributed by atoms with van der Waals surface area (Å²) in [5, 5.41) is 41.9. The summed E-state index contributed by atoms with van der Waals surface area (Å²) in [5.74, 6) is 0.781. The third-order valence-electron chi connectivity index (χ3n) is 4.55. The SMILES string of the molecule is CC(CCNc1ncnc2nc[nH]c12)CO[C@@H]1O[C@H](CO)[C@@H](O)[C@H](O)[C@H]1O.